The third kappa shape index (κ3) is 3.12. The molecule has 2 heterocycles. The average Bonchev–Trinajstić information content (AvgIpc) is 2.92. The van der Waals surface area contributed by atoms with Crippen LogP contribution < -0.4 is 10.2 Å². The maximum Gasteiger partial charge on any atom is 0.326 e. The number of carboxylic acids is 1. The van der Waals surface area contributed by atoms with Crippen LogP contribution in [0.1, 0.15) is 12.1 Å². The fourth-order valence-electron chi connectivity index (χ4n) is 1.95. The van der Waals surface area contributed by atoms with Gasteiger partial charge in [-0.25, -0.2) is 9.59 Å². The molecule has 8 nitrogen and oxygen atoms in total. The summed E-state index contributed by atoms with van der Waals surface area (Å²) in [5.41, 5.74) is 0.551. The lowest BCUT2D eigenvalue weighted by Crippen LogP contribution is -2.46. The van der Waals surface area contributed by atoms with Gasteiger partial charge in [0.05, 0.1) is 12.6 Å². The normalized spacial score (nSPS) is 22.5. The van der Waals surface area contributed by atoms with Gasteiger partial charge in [0.2, 0.25) is 0 Å². The number of aliphatic hydroxyl groups excluding tert-OH is 1. The van der Waals surface area contributed by atoms with Crippen LogP contribution in [0.4, 0.5) is 4.79 Å². The number of nitrogens with one attached hydrogen (secondary N) is 2. The van der Waals surface area contributed by atoms with Crippen molar-refractivity contribution in [2.45, 2.75) is 25.1 Å². The third-order valence-electron chi connectivity index (χ3n) is 2.83. The Morgan fingerprint density at radius 1 is 1.58 bits per heavy atom. The number of hydrogen-bond acceptors (Lipinski definition) is 5. The highest BCUT2D eigenvalue weighted by Crippen LogP contribution is 2.18. The number of hydrogen-bond donors (Lipinski definition) is 4. The molecule has 1 aliphatic rings. The fraction of sp³-hybridized carbons (Fsp3) is 0.500. The largest absolute Gasteiger partial charge is 0.480 e. The van der Waals surface area contributed by atoms with E-state index in [1.165, 1.54) is 0 Å². The summed E-state index contributed by atoms with van der Waals surface area (Å²) in [5, 5.41) is 22.5. The molecule has 0 aromatic carbocycles. The lowest BCUT2D eigenvalue weighted by molar-refractivity contribution is -0.141. The number of thiazole rings is 1. The molecule has 1 unspecified atom stereocenters. The molecule has 1 aromatic rings. The summed E-state index contributed by atoms with van der Waals surface area (Å²) in [6.45, 7) is 0.0967. The number of β-amino-alcohol motifs (C(OH)–C–C–N with tert-alkyl or cyclic N) is 1. The number of aromatic nitrogens is 1. The number of aromatic amines is 1. The number of urea groups is 1. The fourth-order valence-corrected chi connectivity index (χ4v) is 2.53. The Hall–Kier alpha value is -1.87. The van der Waals surface area contributed by atoms with Crippen LogP contribution >= 0.6 is 11.3 Å². The molecular weight excluding hydrogens is 274 g/mol. The molecular formula is C10H13N3O5S. The smallest absolute Gasteiger partial charge is 0.326 e. The van der Waals surface area contributed by atoms with Crippen LogP contribution in [0.15, 0.2) is 10.2 Å². The van der Waals surface area contributed by atoms with Crippen molar-refractivity contribution in [1.82, 2.24) is 15.2 Å². The van der Waals surface area contributed by atoms with Crippen molar-refractivity contribution < 1.29 is 19.8 Å². The van der Waals surface area contributed by atoms with Crippen LogP contribution in [0.3, 0.4) is 0 Å². The number of likely N-dealkylation sites (tertiary alicyclic amines) is 1. The Bertz CT molecular complexity index is 539. The summed E-state index contributed by atoms with van der Waals surface area (Å²) >= 11 is 0.984. The summed E-state index contributed by atoms with van der Waals surface area (Å²) in [6.07, 6.45) is -0.800. The Morgan fingerprint density at radius 3 is 2.89 bits per heavy atom. The molecule has 1 aliphatic heterocycles. The monoisotopic (exact) mass is 287 g/mol. The Balaban J connectivity index is 1.95. The van der Waals surface area contributed by atoms with Gasteiger partial charge in [0.15, 0.2) is 0 Å². The summed E-state index contributed by atoms with van der Waals surface area (Å²) in [7, 11) is 0. The van der Waals surface area contributed by atoms with E-state index in [4.69, 9.17) is 5.11 Å². The minimum Gasteiger partial charge on any atom is -0.480 e. The quantitative estimate of drug-likeness (QED) is 0.577. The van der Waals surface area contributed by atoms with Gasteiger partial charge in [-0.15, -0.1) is 0 Å². The first kappa shape index (κ1) is 13.6. The van der Waals surface area contributed by atoms with E-state index in [1.54, 1.807) is 5.38 Å². The zero-order valence-electron chi connectivity index (χ0n) is 9.83. The van der Waals surface area contributed by atoms with Crippen LogP contribution in [0.25, 0.3) is 0 Å². The Labute approximate surface area is 111 Å². The summed E-state index contributed by atoms with van der Waals surface area (Å²) < 4.78 is 0. The molecule has 104 valence electrons. The van der Waals surface area contributed by atoms with Gasteiger partial charge in [-0.3, -0.25) is 4.79 Å². The van der Waals surface area contributed by atoms with Gasteiger partial charge < -0.3 is 25.4 Å². The maximum absolute atomic E-state index is 11.8. The zero-order chi connectivity index (χ0) is 14.0. The summed E-state index contributed by atoms with van der Waals surface area (Å²) in [6, 6.07) is -1.59. The van der Waals surface area contributed by atoms with Crippen LogP contribution in [-0.4, -0.2) is 50.8 Å². The number of aliphatic hydroxyl groups is 1. The molecule has 0 saturated carbocycles. The van der Waals surface area contributed by atoms with E-state index in [-0.39, 0.29) is 24.4 Å². The molecule has 0 bridgehead atoms. The molecule has 19 heavy (non-hydrogen) atoms. The summed E-state index contributed by atoms with van der Waals surface area (Å²) in [5.74, 6) is -1.14. The van der Waals surface area contributed by atoms with Crippen molar-refractivity contribution in [3.05, 3.63) is 20.7 Å². The third-order valence-corrected chi connectivity index (χ3v) is 3.54. The van der Waals surface area contributed by atoms with Crippen molar-refractivity contribution >= 4 is 23.3 Å². The second-order valence-corrected chi connectivity index (χ2v) is 5.07. The molecule has 2 atom stereocenters. The van der Waals surface area contributed by atoms with Gasteiger partial charge in [-0.1, -0.05) is 11.3 Å². The topological polar surface area (TPSA) is 123 Å². The number of amides is 2. The van der Waals surface area contributed by atoms with Crippen molar-refractivity contribution in [2.24, 2.45) is 0 Å². The predicted molar refractivity (Wildman–Crippen MR) is 65.9 cm³/mol. The maximum atomic E-state index is 11.8. The number of nitrogens with zero attached hydrogens (tertiary/aromatic N) is 1. The number of carbonyl (C=O) groups excluding carboxylic acids is 1. The average molecular weight is 287 g/mol. The van der Waals surface area contributed by atoms with E-state index >= 15 is 0 Å². The number of carbonyl (C=O) groups is 2. The highest BCUT2D eigenvalue weighted by Gasteiger charge is 2.38. The molecule has 1 fully saturated rings. The van der Waals surface area contributed by atoms with E-state index in [1.807, 2.05) is 0 Å². The molecule has 2 rings (SSSR count). The summed E-state index contributed by atoms with van der Waals surface area (Å²) in [4.78, 5) is 37.1. The van der Waals surface area contributed by atoms with Gasteiger partial charge >= 0.3 is 16.9 Å². The van der Waals surface area contributed by atoms with Crippen molar-refractivity contribution in [1.29, 1.82) is 0 Å². The SMILES string of the molecule is O=C(O)[C@@H]1CC(O)CN1C(=O)NCc1csc(=O)[nH]1. The predicted octanol–water partition coefficient (Wildman–Crippen LogP) is -0.834. The second-order valence-electron chi connectivity index (χ2n) is 4.23. The van der Waals surface area contributed by atoms with Crippen LogP contribution in [0, 0.1) is 0 Å². The minimum atomic E-state index is -1.14. The first-order valence-electron chi connectivity index (χ1n) is 5.59. The zero-order valence-corrected chi connectivity index (χ0v) is 10.6. The van der Waals surface area contributed by atoms with Crippen LogP contribution in [-0.2, 0) is 11.3 Å². The first-order chi connectivity index (χ1) is 8.97. The molecule has 0 radical (unpaired) electrons. The van der Waals surface area contributed by atoms with Gasteiger partial charge in [-0.05, 0) is 0 Å². The number of rotatable bonds is 3. The van der Waals surface area contributed by atoms with E-state index in [2.05, 4.69) is 10.3 Å². The lowest BCUT2D eigenvalue weighted by atomic mass is 10.2. The minimum absolute atomic E-state index is 0.0110. The second kappa shape index (κ2) is 5.41. The molecule has 9 heteroatoms. The van der Waals surface area contributed by atoms with Gasteiger partial charge in [0.1, 0.15) is 6.04 Å². The van der Waals surface area contributed by atoms with E-state index in [9.17, 15) is 19.5 Å². The number of H-pyrrole nitrogens is 1. The molecule has 4 N–H and O–H groups in total. The standard InChI is InChI=1S/C10H13N3O5S/c14-6-1-7(8(15)16)13(3-6)9(17)11-2-5-4-19-10(18)12-5/h4,6-7,14H,1-3H2,(H,11,17)(H,12,18)(H,15,16)/t6?,7-/m0/s1. The molecule has 1 aromatic heterocycles. The highest BCUT2D eigenvalue weighted by molar-refractivity contribution is 7.07. The lowest BCUT2D eigenvalue weighted by Gasteiger charge is -2.21. The van der Waals surface area contributed by atoms with Crippen molar-refractivity contribution in [3.63, 3.8) is 0 Å². The van der Waals surface area contributed by atoms with Gasteiger partial charge in [0.25, 0.3) is 0 Å². The molecule has 0 aliphatic carbocycles. The van der Waals surface area contributed by atoms with E-state index in [0.29, 0.717) is 5.69 Å². The molecule has 1 saturated heterocycles. The molecule has 0 spiro atoms. The highest BCUT2D eigenvalue weighted by atomic mass is 32.1. The Morgan fingerprint density at radius 2 is 2.32 bits per heavy atom. The van der Waals surface area contributed by atoms with E-state index in [0.717, 1.165) is 16.2 Å². The first-order valence-corrected chi connectivity index (χ1v) is 6.47. The Kier molecular flexibility index (Phi) is 3.86. The van der Waals surface area contributed by atoms with Crippen molar-refractivity contribution in [2.75, 3.05) is 6.54 Å². The van der Waals surface area contributed by atoms with E-state index < -0.39 is 24.1 Å². The van der Waals surface area contributed by atoms with Gasteiger partial charge in [0, 0.05) is 24.0 Å². The number of aliphatic carboxylic acids is 1. The number of carboxylic acid groups (broad SMARTS) is 1. The van der Waals surface area contributed by atoms with Crippen LogP contribution in [0.2, 0.25) is 0 Å². The molecule has 2 amide bonds. The van der Waals surface area contributed by atoms with Crippen LogP contribution in [0.5, 0.6) is 0 Å². The van der Waals surface area contributed by atoms with Gasteiger partial charge in [-0.2, -0.15) is 0 Å². The van der Waals surface area contributed by atoms with Crippen molar-refractivity contribution in [3.8, 4) is 0 Å².